The second kappa shape index (κ2) is 5.74. The van der Waals surface area contributed by atoms with E-state index in [1.54, 1.807) is 20.8 Å². The van der Waals surface area contributed by atoms with Crippen molar-refractivity contribution in [2.24, 2.45) is 0 Å². The first-order chi connectivity index (χ1) is 7.17. The molecule has 0 heterocycles. The molecule has 16 heavy (non-hydrogen) atoms. The number of hydrogen-bond acceptors (Lipinski definition) is 5. The first-order valence-corrected chi connectivity index (χ1v) is 4.75. The van der Waals surface area contributed by atoms with E-state index in [1.807, 2.05) is 0 Å². The minimum atomic E-state index is -1.25. The zero-order valence-corrected chi connectivity index (χ0v) is 9.81. The summed E-state index contributed by atoms with van der Waals surface area (Å²) in [5.41, 5.74) is -0.694. The van der Waals surface area contributed by atoms with Gasteiger partial charge in [0.05, 0.1) is 6.10 Å². The van der Waals surface area contributed by atoms with Gasteiger partial charge in [0.15, 0.2) is 6.04 Å². The molecule has 0 aliphatic carbocycles. The van der Waals surface area contributed by atoms with E-state index in [-0.39, 0.29) is 0 Å². The van der Waals surface area contributed by atoms with Crippen LogP contribution in [-0.2, 0) is 14.2 Å². The number of aliphatic hydroxyl groups is 1. The second-order valence-corrected chi connectivity index (χ2v) is 4.30. The Labute approximate surface area is 95.7 Å². The molecule has 0 aromatic carbocycles. The maximum atomic E-state index is 11.3. The van der Waals surface area contributed by atoms with Crippen LogP contribution in [0, 0.1) is 0 Å². The summed E-state index contributed by atoms with van der Waals surface area (Å²) in [4.78, 5) is 22.4. The first kappa shape index (κ1) is 14.8. The number of rotatable bonds is 3. The molecule has 2 atom stereocenters. The fraction of sp³-hybridized carbons (Fsp3) is 0.778. The molecule has 0 saturated heterocycles. The fourth-order valence-electron chi connectivity index (χ4n) is 0.884. The number of alkyl carbamates (subject to hydrolysis) is 1. The van der Waals surface area contributed by atoms with Crippen molar-refractivity contribution in [1.82, 2.24) is 5.32 Å². The normalized spacial score (nSPS) is 14.8. The number of amides is 1. The van der Waals surface area contributed by atoms with Crippen LogP contribution in [0.25, 0.3) is 0 Å². The van der Waals surface area contributed by atoms with Gasteiger partial charge >= 0.3 is 20.1 Å². The lowest BCUT2D eigenvalue weighted by Gasteiger charge is -2.23. The Morgan fingerprint density at radius 1 is 1.38 bits per heavy atom. The molecular weight excluding hydrogens is 213 g/mol. The molecule has 0 spiro atoms. The van der Waals surface area contributed by atoms with E-state index in [9.17, 15) is 14.7 Å². The van der Waals surface area contributed by atoms with E-state index >= 15 is 0 Å². The second-order valence-electron chi connectivity index (χ2n) is 4.30. The molecule has 6 nitrogen and oxygen atoms in total. The van der Waals surface area contributed by atoms with E-state index in [4.69, 9.17) is 4.74 Å². The van der Waals surface area contributed by atoms with E-state index < -0.39 is 29.8 Å². The number of carbonyl (C=O) groups is 2. The van der Waals surface area contributed by atoms with Gasteiger partial charge in [-0.2, -0.15) is 0 Å². The Hall–Kier alpha value is -1.24. The summed E-state index contributed by atoms with van der Waals surface area (Å²) in [7, 11) is 4.66. The first-order valence-electron chi connectivity index (χ1n) is 4.75. The summed E-state index contributed by atoms with van der Waals surface area (Å²) in [6, 6.07) is -1.25. The van der Waals surface area contributed by atoms with Crippen LogP contribution in [0.2, 0.25) is 0 Å². The molecule has 0 aliphatic heterocycles. The molecule has 0 unspecified atom stereocenters. The van der Waals surface area contributed by atoms with Crippen molar-refractivity contribution < 1.29 is 24.1 Å². The topological polar surface area (TPSA) is 84.9 Å². The molecule has 0 saturated carbocycles. The third-order valence-electron chi connectivity index (χ3n) is 1.52. The summed E-state index contributed by atoms with van der Waals surface area (Å²) >= 11 is 0. The van der Waals surface area contributed by atoms with Gasteiger partial charge in [0.2, 0.25) is 0 Å². The number of aliphatic hydroxyl groups excluding tert-OH is 1. The average molecular weight is 229 g/mol. The smallest absolute Gasteiger partial charge is 0.408 e. The minimum absolute atomic E-state index is 0.694. The predicted molar refractivity (Wildman–Crippen MR) is 56.7 cm³/mol. The van der Waals surface area contributed by atoms with Gasteiger partial charge in [-0.1, -0.05) is 0 Å². The van der Waals surface area contributed by atoms with Gasteiger partial charge in [-0.3, -0.25) is 4.79 Å². The molecule has 0 fully saturated rings. The lowest BCUT2D eigenvalue weighted by Crippen LogP contribution is -2.49. The van der Waals surface area contributed by atoms with Crippen LogP contribution in [0.1, 0.15) is 27.7 Å². The highest BCUT2D eigenvalue weighted by Crippen LogP contribution is 2.07. The van der Waals surface area contributed by atoms with Crippen molar-refractivity contribution in [2.45, 2.75) is 45.4 Å². The molecule has 0 aliphatic rings. The highest BCUT2D eigenvalue weighted by Gasteiger charge is 2.28. The lowest BCUT2D eigenvalue weighted by molar-refractivity contribution is -0.139. The molecule has 90 valence electrons. The molecule has 0 aromatic heterocycles. The molecule has 0 bridgehead atoms. The van der Waals surface area contributed by atoms with Crippen molar-refractivity contribution in [2.75, 3.05) is 0 Å². The summed E-state index contributed by atoms with van der Waals surface area (Å²) in [5.74, 6) is -0.944. The van der Waals surface area contributed by atoms with Crippen molar-refractivity contribution in [3.05, 3.63) is 0 Å². The Morgan fingerprint density at radius 3 is 2.19 bits per heavy atom. The number of ether oxygens (including phenoxy) is 1. The lowest BCUT2D eigenvalue weighted by atomic mass is 10.2. The van der Waals surface area contributed by atoms with Gasteiger partial charge in [-0.25, -0.2) is 4.79 Å². The predicted octanol–water partition coefficient (Wildman–Crippen LogP) is -0.113. The van der Waals surface area contributed by atoms with Crippen LogP contribution in [0.5, 0.6) is 0 Å². The summed E-state index contributed by atoms with van der Waals surface area (Å²) in [6.07, 6.45) is -1.97. The van der Waals surface area contributed by atoms with E-state index in [2.05, 4.69) is 18.0 Å². The average Bonchev–Trinajstić information content (AvgIpc) is 2.09. The van der Waals surface area contributed by atoms with Gasteiger partial charge in [-0.15, -0.1) is 0 Å². The van der Waals surface area contributed by atoms with Crippen molar-refractivity contribution in [1.29, 1.82) is 0 Å². The third kappa shape index (κ3) is 5.60. The van der Waals surface area contributed by atoms with Crippen molar-refractivity contribution in [3.63, 3.8) is 0 Å². The molecule has 0 aromatic rings. The van der Waals surface area contributed by atoms with Gasteiger partial charge in [0.1, 0.15) is 5.60 Å². The largest absolute Gasteiger partial charge is 0.542 e. The molecule has 1 amide bonds. The van der Waals surface area contributed by atoms with Crippen LogP contribution in [0.3, 0.4) is 0 Å². The van der Waals surface area contributed by atoms with Gasteiger partial charge in [-0.05, 0) is 27.7 Å². The highest BCUT2D eigenvalue weighted by atomic mass is 16.6. The molecular formula is C9H16BNO5. The van der Waals surface area contributed by atoms with Crippen LogP contribution in [0.15, 0.2) is 0 Å². The Kier molecular flexibility index (Phi) is 5.30. The van der Waals surface area contributed by atoms with E-state index in [1.165, 1.54) is 6.92 Å². The van der Waals surface area contributed by atoms with E-state index in [0.29, 0.717) is 0 Å². The maximum Gasteiger partial charge on any atom is 0.408 e. The summed E-state index contributed by atoms with van der Waals surface area (Å²) in [6.45, 7) is 6.33. The minimum Gasteiger partial charge on any atom is -0.542 e. The van der Waals surface area contributed by atoms with Crippen LogP contribution in [-0.4, -0.2) is 43.0 Å². The number of carbonyl (C=O) groups excluding carboxylic acids is 2. The van der Waals surface area contributed by atoms with Gasteiger partial charge in [0.25, 0.3) is 0 Å². The maximum absolute atomic E-state index is 11.3. The summed E-state index contributed by atoms with van der Waals surface area (Å²) < 4.78 is 8.84. The van der Waals surface area contributed by atoms with E-state index in [0.717, 1.165) is 0 Å². The molecule has 0 rings (SSSR count). The quantitative estimate of drug-likeness (QED) is 0.659. The van der Waals surface area contributed by atoms with Gasteiger partial charge in [0, 0.05) is 0 Å². The van der Waals surface area contributed by atoms with Crippen molar-refractivity contribution in [3.8, 4) is 0 Å². The van der Waals surface area contributed by atoms with Crippen LogP contribution >= 0.6 is 0 Å². The van der Waals surface area contributed by atoms with Crippen LogP contribution < -0.4 is 5.32 Å². The summed E-state index contributed by atoms with van der Waals surface area (Å²) in [5, 5.41) is 11.4. The number of nitrogens with one attached hydrogen (secondary N) is 1. The Bertz CT molecular complexity index is 261. The fourth-order valence-corrected chi connectivity index (χ4v) is 0.884. The molecule has 2 radical (unpaired) electrons. The van der Waals surface area contributed by atoms with Crippen LogP contribution in [0.4, 0.5) is 4.79 Å². The number of hydrogen-bond donors (Lipinski definition) is 2. The SMILES string of the molecule is [B]OC(=O)[C@@H](NC(=O)OC(C)(C)C)[C@@H](C)O. The van der Waals surface area contributed by atoms with Crippen molar-refractivity contribution >= 4 is 20.1 Å². The Balaban J connectivity index is 4.42. The zero-order chi connectivity index (χ0) is 12.9. The molecule has 7 heteroatoms. The van der Waals surface area contributed by atoms with Gasteiger partial charge < -0.3 is 19.8 Å². The zero-order valence-electron chi connectivity index (χ0n) is 9.81. The third-order valence-corrected chi connectivity index (χ3v) is 1.52. The standard InChI is InChI=1S/C9H16BNO5/c1-5(12)6(7(13)16-10)11-8(14)15-9(2,3)4/h5-6,12H,1-4H3,(H,11,14)/t5-,6+/m1/s1. The molecule has 2 N–H and O–H groups in total. The monoisotopic (exact) mass is 229 g/mol. The Morgan fingerprint density at radius 2 is 1.88 bits per heavy atom. The highest BCUT2D eigenvalue weighted by molar-refractivity contribution is 6.06.